The van der Waals surface area contributed by atoms with Gasteiger partial charge in [0.25, 0.3) is 0 Å². The molecule has 33 heavy (non-hydrogen) atoms. The first kappa shape index (κ1) is 26.9. The fourth-order valence-electron chi connectivity index (χ4n) is 4.92. The Kier molecular flexibility index (Phi) is 9.99. The van der Waals surface area contributed by atoms with E-state index >= 15 is 0 Å². The molecule has 0 aliphatic heterocycles. The molecule has 2 aromatic rings. The van der Waals surface area contributed by atoms with Gasteiger partial charge in [-0.2, -0.15) is 0 Å². The van der Waals surface area contributed by atoms with Crippen LogP contribution in [-0.4, -0.2) is 33.4 Å². The molecule has 0 heterocycles. The van der Waals surface area contributed by atoms with Crippen LogP contribution in [0.1, 0.15) is 65.2 Å². The Morgan fingerprint density at radius 1 is 0.909 bits per heavy atom. The maximum absolute atomic E-state index is 10.8. The monoisotopic (exact) mass is 472 g/mol. The lowest BCUT2D eigenvalue weighted by Crippen LogP contribution is -2.49. The van der Waals surface area contributed by atoms with Crippen molar-refractivity contribution in [2.45, 2.75) is 77.1 Å². The number of methoxy groups -OCH3 is 1. The molecule has 0 aliphatic carbocycles. The van der Waals surface area contributed by atoms with E-state index in [0.717, 1.165) is 17.4 Å². The van der Waals surface area contributed by atoms with Gasteiger partial charge < -0.3 is 23.8 Å². The third-order valence-electron chi connectivity index (χ3n) is 6.49. The Hall–Kier alpha value is -2.31. The molecular weight excluding hydrogens is 432 g/mol. The van der Waals surface area contributed by atoms with Crippen LogP contribution in [0.2, 0.25) is 16.6 Å². The molecule has 0 saturated carbocycles. The summed E-state index contributed by atoms with van der Waals surface area (Å²) in [5.41, 5.74) is 3.29. The SMILES string of the molecule is COc1ccc(CCC=O)cc1OC[C@H](O[Si](C(C)C)(C(C)C)C(C)C)c1ccc(O)cc1. The lowest BCUT2D eigenvalue weighted by Gasteiger charge is -2.44. The molecule has 0 radical (unpaired) electrons. The Bertz CT molecular complexity index is 855. The molecule has 182 valence electrons. The van der Waals surface area contributed by atoms with Crippen molar-refractivity contribution < 1.29 is 23.8 Å². The Morgan fingerprint density at radius 2 is 1.52 bits per heavy atom. The standard InChI is InChI=1S/C27H40O5Si/c1-19(2)33(20(3)4,21(5)6)32-27(23-11-13-24(29)14-12-23)18-31-26-17-22(9-8-16-28)10-15-25(26)30-7/h10-17,19-21,27,29H,8-9,18H2,1-7H3/t27-/m0/s1. The fraction of sp³-hybridized carbons (Fsp3) is 0.519. The number of ether oxygens (including phenoxy) is 2. The van der Waals surface area contributed by atoms with E-state index in [0.29, 0.717) is 47.6 Å². The van der Waals surface area contributed by atoms with Gasteiger partial charge in [0.15, 0.2) is 11.5 Å². The zero-order chi connectivity index (χ0) is 24.6. The lowest BCUT2D eigenvalue weighted by atomic mass is 10.1. The molecule has 0 spiro atoms. The Morgan fingerprint density at radius 3 is 2.03 bits per heavy atom. The zero-order valence-electron chi connectivity index (χ0n) is 21.1. The summed E-state index contributed by atoms with van der Waals surface area (Å²) in [7, 11) is -0.568. The summed E-state index contributed by atoms with van der Waals surface area (Å²) in [5.74, 6) is 1.51. The minimum Gasteiger partial charge on any atom is -0.508 e. The molecule has 1 atom stereocenters. The Balaban J connectivity index is 2.40. The van der Waals surface area contributed by atoms with Gasteiger partial charge in [-0.1, -0.05) is 59.7 Å². The molecule has 0 saturated heterocycles. The number of hydrogen-bond acceptors (Lipinski definition) is 5. The van der Waals surface area contributed by atoms with Crippen LogP contribution in [0.15, 0.2) is 42.5 Å². The lowest BCUT2D eigenvalue weighted by molar-refractivity contribution is -0.107. The predicted molar refractivity (Wildman–Crippen MR) is 136 cm³/mol. The van der Waals surface area contributed by atoms with Crippen molar-refractivity contribution in [3.63, 3.8) is 0 Å². The number of phenols is 1. The Labute approximate surface area is 200 Å². The van der Waals surface area contributed by atoms with Crippen molar-refractivity contribution in [1.82, 2.24) is 0 Å². The van der Waals surface area contributed by atoms with Gasteiger partial charge >= 0.3 is 0 Å². The summed E-state index contributed by atoms with van der Waals surface area (Å²) in [6.45, 7) is 13.9. The number of phenolic OH excluding ortho intramolecular Hbond substituents is 1. The first-order valence-corrected chi connectivity index (χ1v) is 14.0. The molecule has 0 fully saturated rings. The van der Waals surface area contributed by atoms with Gasteiger partial charge in [0.05, 0.1) is 7.11 Å². The number of benzene rings is 2. The molecule has 5 nitrogen and oxygen atoms in total. The topological polar surface area (TPSA) is 65.0 Å². The number of aldehydes is 1. The third kappa shape index (κ3) is 6.61. The normalized spacial score (nSPS) is 12.9. The second-order valence-corrected chi connectivity index (χ2v) is 14.9. The van der Waals surface area contributed by atoms with Crippen LogP contribution < -0.4 is 9.47 Å². The number of hydrogen-bond donors (Lipinski definition) is 1. The van der Waals surface area contributed by atoms with Crippen molar-refractivity contribution >= 4 is 14.6 Å². The average Bonchev–Trinajstić information content (AvgIpc) is 2.77. The van der Waals surface area contributed by atoms with E-state index in [2.05, 4.69) is 41.5 Å². The minimum atomic E-state index is -2.19. The third-order valence-corrected chi connectivity index (χ3v) is 12.6. The maximum atomic E-state index is 10.8. The van der Waals surface area contributed by atoms with Crippen molar-refractivity contribution in [2.24, 2.45) is 0 Å². The van der Waals surface area contributed by atoms with Gasteiger partial charge in [0, 0.05) is 6.42 Å². The number of carbonyl (C=O) groups excluding carboxylic acids is 1. The van der Waals surface area contributed by atoms with Crippen molar-refractivity contribution in [3.05, 3.63) is 53.6 Å². The quantitative estimate of drug-likeness (QED) is 0.255. The highest BCUT2D eigenvalue weighted by atomic mass is 28.4. The van der Waals surface area contributed by atoms with Gasteiger partial charge in [-0.3, -0.25) is 0 Å². The highest BCUT2D eigenvalue weighted by molar-refractivity contribution is 6.77. The van der Waals surface area contributed by atoms with E-state index in [9.17, 15) is 9.90 Å². The van der Waals surface area contributed by atoms with Gasteiger partial charge in [-0.05, 0) is 58.4 Å². The number of aryl methyl sites for hydroxylation is 1. The van der Waals surface area contributed by atoms with E-state index in [1.807, 2.05) is 30.3 Å². The second kappa shape index (κ2) is 12.2. The summed E-state index contributed by atoms with van der Waals surface area (Å²) in [6.07, 6.45) is 1.77. The molecule has 1 N–H and O–H groups in total. The highest BCUT2D eigenvalue weighted by Gasteiger charge is 2.47. The highest BCUT2D eigenvalue weighted by Crippen LogP contribution is 2.45. The zero-order valence-corrected chi connectivity index (χ0v) is 22.1. The largest absolute Gasteiger partial charge is 0.508 e. The maximum Gasteiger partial charge on any atom is 0.201 e. The summed E-state index contributed by atoms with van der Waals surface area (Å²) in [4.78, 5) is 10.8. The molecule has 2 rings (SSSR count). The fourth-order valence-corrected chi connectivity index (χ4v) is 10.4. The molecule has 6 heteroatoms. The van der Waals surface area contributed by atoms with Crippen molar-refractivity contribution in [3.8, 4) is 17.2 Å². The van der Waals surface area contributed by atoms with E-state index in [4.69, 9.17) is 13.9 Å². The first-order chi connectivity index (χ1) is 15.6. The molecule has 0 amide bonds. The number of aromatic hydroxyl groups is 1. The summed E-state index contributed by atoms with van der Waals surface area (Å²) in [6, 6.07) is 13.0. The first-order valence-electron chi connectivity index (χ1n) is 11.9. The van der Waals surface area contributed by atoms with Crippen LogP contribution in [0.5, 0.6) is 17.2 Å². The van der Waals surface area contributed by atoms with Gasteiger partial charge in [-0.25, -0.2) is 0 Å². The van der Waals surface area contributed by atoms with E-state index in [-0.39, 0.29) is 11.9 Å². The predicted octanol–water partition coefficient (Wildman–Crippen LogP) is 6.84. The van der Waals surface area contributed by atoms with E-state index < -0.39 is 8.32 Å². The molecule has 2 aromatic carbocycles. The van der Waals surface area contributed by atoms with Crippen LogP contribution in [0.4, 0.5) is 0 Å². The van der Waals surface area contributed by atoms with Crippen LogP contribution in [0, 0.1) is 0 Å². The molecule has 0 unspecified atom stereocenters. The van der Waals surface area contributed by atoms with Crippen LogP contribution in [0.3, 0.4) is 0 Å². The van der Waals surface area contributed by atoms with Gasteiger partial charge in [0.1, 0.15) is 24.7 Å². The smallest absolute Gasteiger partial charge is 0.201 e. The summed E-state index contributed by atoms with van der Waals surface area (Å²) >= 11 is 0. The molecule has 0 aromatic heterocycles. The van der Waals surface area contributed by atoms with Crippen molar-refractivity contribution in [1.29, 1.82) is 0 Å². The van der Waals surface area contributed by atoms with E-state index in [1.165, 1.54) is 0 Å². The number of rotatable bonds is 13. The van der Waals surface area contributed by atoms with Crippen molar-refractivity contribution in [2.75, 3.05) is 13.7 Å². The van der Waals surface area contributed by atoms with Gasteiger partial charge in [0.2, 0.25) is 8.32 Å². The molecule has 0 aliphatic rings. The summed E-state index contributed by atoms with van der Waals surface area (Å²) < 4.78 is 18.9. The summed E-state index contributed by atoms with van der Waals surface area (Å²) in [5, 5.41) is 9.81. The number of carbonyl (C=O) groups is 1. The van der Waals surface area contributed by atoms with E-state index in [1.54, 1.807) is 19.2 Å². The molecular formula is C27H40O5Si. The van der Waals surface area contributed by atoms with Crippen LogP contribution in [-0.2, 0) is 15.6 Å². The minimum absolute atomic E-state index is 0.225. The van der Waals surface area contributed by atoms with Crippen LogP contribution >= 0.6 is 0 Å². The van der Waals surface area contributed by atoms with Gasteiger partial charge in [-0.15, -0.1) is 0 Å². The second-order valence-electron chi connectivity index (χ2n) is 9.52. The molecule has 0 bridgehead atoms. The average molecular weight is 473 g/mol. The van der Waals surface area contributed by atoms with Crippen LogP contribution in [0.25, 0.3) is 0 Å².